The van der Waals surface area contributed by atoms with Gasteiger partial charge in [-0.3, -0.25) is 4.79 Å². The predicted molar refractivity (Wildman–Crippen MR) is 64.4 cm³/mol. The Morgan fingerprint density at radius 2 is 2.00 bits per heavy atom. The number of nitrogens with zero attached hydrogens (tertiary/aromatic N) is 1. The summed E-state index contributed by atoms with van der Waals surface area (Å²) in [6.45, 7) is 1.99. The highest BCUT2D eigenvalue weighted by Gasteiger charge is 2.18. The lowest BCUT2D eigenvalue weighted by molar-refractivity contribution is -0.119. The molecule has 0 unspecified atom stereocenters. The molecule has 0 bridgehead atoms. The standard InChI is InChI=1S/C12H18N2O2/c1-3-4-11(13)12(16)14(2)9-5-7-10(15)8-6-9/h5-8,11,15H,3-4,13H2,1-2H3/t11-/m1/s1. The third-order valence-electron chi connectivity index (χ3n) is 2.48. The van der Waals surface area contributed by atoms with Gasteiger partial charge in [-0.15, -0.1) is 0 Å². The first kappa shape index (κ1) is 12.5. The van der Waals surface area contributed by atoms with Crippen LogP contribution in [0.5, 0.6) is 5.75 Å². The largest absolute Gasteiger partial charge is 0.508 e. The van der Waals surface area contributed by atoms with Gasteiger partial charge < -0.3 is 15.7 Å². The fraction of sp³-hybridized carbons (Fsp3) is 0.417. The first-order chi connectivity index (χ1) is 7.56. The number of hydrogen-bond acceptors (Lipinski definition) is 3. The maximum Gasteiger partial charge on any atom is 0.243 e. The molecule has 88 valence electrons. The summed E-state index contributed by atoms with van der Waals surface area (Å²) in [5, 5.41) is 9.14. The van der Waals surface area contributed by atoms with E-state index in [0.717, 1.165) is 12.1 Å². The van der Waals surface area contributed by atoms with Crippen molar-refractivity contribution in [2.24, 2.45) is 5.73 Å². The van der Waals surface area contributed by atoms with Gasteiger partial charge in [0.1, 0.15) is 5.75 Å². The maximum atomic E-state index is 11.9. The minimum atomic E-state index is -0.455. The highest BCUT2D eigenvalue weighted by molar-refractivity contribution is 5.96. The zero-order valence-electron chi connectivity index (χ0n) is 9.68. The number of benzene rings is 1. The normalized spacial score (nSPS) is 12.2. The molecule has 1 amide bonds. The van der Waals surface area contributed by atoms with Crippen LogP contribution in [0.2, 0.25) is 0 Å². The molecule has 0 radical (unpaired) electrons. The molecule has 0 fully saturated rings. The third-order valence-corrected chi connectivity index (χ3v) is 2.48. The van der Waals surface area contributed by atoms with Crippen LogP contribution in [0.4, 0.5) is 5.69 Å². The molecular formula is C12H18N2O2. The van der Waals surface area contributed by atoms with Crippen molar-refractivity contribution in [2.45, 2.75) is 25.8 Å². The van der Waals surface area contributed by atoms with E-state index in [9.17, 15) is 4.79 Å². The fourth-order valence-corrected chi connectivity index (χ4v) is 1.49. The van der Waals surface area contributed by atoms with Gasteiger partial charge in [0.25, 0.3) is 0 Å². The van der Waals surface area contributed by atoms with Crippen LogP contribution in [0.3, 0.4) is 0 Å². The molecule has 0 heterocycles. The summed E-state index contributed by atoms with van der Waals surface area (Å²) >= 11 is 0. The summed E-state index contributed by atoms with van der Waals surface area (Å²) in [6.07, 6.45) is 1.57. The Balaban J connectivity index is 2.73. The predicted octanol–water partition coefficient (Wildman–Crippen LogP) is 1.48. The molecule has 0 saturated carbocycles. The van der Waals surface area contributed by atoms with Crippen LogP contribution < -0.4 is 10.6 Å². The number of phenolic OH excluding ortho intramolecular Hbond substituents is 1. The molecule has 0 aliphatic rings. The van der Waals surface area contributed by atoms with Crippen molar-refractivity contribution in [1.29, 1.82) is 0 Å². The molecule has 0 saturated heterocycles. The summed E-state index contributed by atoms with van der Waals surface area (Å²) in [5.41, 5.74) is 6.49. The zero-order valence-corrected chi connectivity index (χ0v) is 9.68. The van der Waals surface area contributed by atoms with Gasteiger partial charge in [0.15, 0.2) is 0 Å². The molecule has 1 aromatic carbocycles. The van der Waals surface area contributed by atoms with E-state index in [1.165, 1.54) is 4.90 Å². The minimum Gasteiger partial charge on any atom is -0.508 e. The second-order valence-corrected chi connectivity index (χ2v) is 3.81. The van der Waals surface area contributed by atoms with E-state index in [2.05, 4.69) is 0 Å². The molecule has 0 spiro atoms. The average molecular weight is 222 g/mol. The number of nitrogens with two attached hydrogens (primary N) is 1. The van der Waals surface area contributed by atoms with Crippen molar-refractivity contribution < 1.29 is 9.90 Å². The van der Waals surface area contributed by atoms with Crippen molar-refractivity contribution in [3.8, 4) is 5.75 Å². The monoisotopic (exact) mass is 222 g/mol. The second kappa shape index (κ2) is 5.51. The quantitative estimate of drug-likeness (QED) is 0.811. The highest BCUT2D eigenvalue weighted by atomic mass is 16.3. The number of rotatable bonds is 4. The van der Waals surface area contributed by atoms with Gasteiger partial charge in [-0.1, -0.05) is 13.3 Å². The molecule has 1 rings (SSSR count). The minimum absolute atomic E-state index is 0.104. The third kappa shape index (κ3) is 2.97. The van der Waals surface area contributed by atoms with Crippen molar-refractivity contribution >= 4 is 11.6 Å². The SMILES string of the molecule is CCC[C@@H](N)C(=O)N(C)c1ccc(O)cc1. The van der Waals surface area contributed by atoms with Gasteiger partial charge >= 0.3 is 0 Å². The topological polar surface area (TPSA) is 66.6 Å². The Kier molecular flexibility index (Phi) is 4.31. The lowest BCUT2D eigenvalue weighted by Gasteiger charge is -2.21. The van der Waals surface area contributed by atoms with Crippen molar-refractivity contribution in [2.75, 3.05) is 11.9 Å². The van der Waals surface area contributed by atoms with Crippen LogP contribution in [0.1, 0.15) is 19.8 Å². The fourth-order valence-electron chi connectivity index (χ4n) is 1.49. The van der Waals surface area contributed by atoms with E-state index in [-0.39, 0.29) is 11.7 Å². The van der Waals surface area contributed by atoms with Gasteiger partial charge in [-0.25, -0.2) is 0 Å². The zero-order chi connectivity index (χ0) is 12.1. The van der Waals surface area contributed by atoms with Gasteiger partial charge in [0, 0.05) is 12.7 Å². The lowest BCUT2D eigenvalue weighted by Crippen LogP contribution is -2.41. The molecule has 4 heteroatoms. The van der Waals surface area contributed by atoms with Crippen molar-refractivity contribution in [3.63, 3.8) is 0 Å². The Labute approximate surface area is 95.7 Å². The van der Waals surface area contributed by atoms with Crippen LogP contribution in [-0.4, -0.2) is 24.1 Å². The lowest BCUT2D eigenvalue weighted by atomic mass is 10.1. The molecule has 0 aromatic heterocycles. The Morgan fingerprint density at radius 1 is 1.44 bits per heavy atom. The first-order valence-corrected chi connectivity index (χ1v) is 5.38. The van der Waals surface area contributed by atoms with E-state index in [1.54, 1.807) is 31.3 Å². The van der Waals surface area contributed by atoms with E-state index >= 15 is 0 Å². The highest BCUT2D eigenvalue weighted by Crippen LogP contribution is 2.18. The van der Waals surface area contributed by atoms with E-state index in [0.29, 0.717) is 6.42 Å². The number of likely N-dealkylation sites (N-methyl/N-ethyl adjacent to an activating group) is 1. The van der Waals surface area contributed by atoms with E-state index in [4.69, 9.17) is 10.8 Å². The van der Waals surface area contributed by atoms with Crippen LogP contribution in [0.15, 0.2) is 24.3 Å². The second-order valence-electron chi connectivity index (χ2n) is 3.81. The molecule has 3 N–H and O–H groups in total. The molecule has 4 nitrogen and oxygen atoms in total. The van der Waals surface area contributed by atoms with Crippen LogP contribution in [0, 0.1) is 0 Å². The number of aromatic hydroxyl groups is 1. The summed E-state index contributed by atoms with van der Waals surface area (Å²) in [5.74, 6) is 0.0787. The molecule has 0 aliphatic heterocycles. The molecule has 0 aliphatic carbocycles. The Hall–Kier alpha value is -1.55. The number of carbonyl (C=O) groups excluding carboxylic acids is 1. The average Bonchev–Trinajstić information content (AvgIpc) is 2.28. The Morgan fingerprint density at radius 3 is 2.50 bits per heavy atom. The summed E-state index contributed by atoms with van der Waals surface area (Å²) < 4.78 is 0. The number of amides is 1. The maximum absolute atomic E-state index is 11.9. The van der Waals surface area contributed by atoms with Gasteiger partial charge in [-0.05, 0) is 30.7 Å². The molecular weight excluding hydrogens is 204 g/mol. The van der Waals surface area contributed by atoms with Gasteiger partial charge in [-0.2, -0.15) is 0 Å². The van der Waals surface area contributed by atoms with E-state index in [1.807, 2.05) is 6.92 Å². The first-order valence-electron chi connectivity index (χ1n) is 5.38. The number of hydrogen-bond donors (Lipinski definition) is 2. The number of anilines is 1. The summed E-state index contributed by atoms with van der Waals surface area (Å²) in [6, 6.07) is 6.01. The molecule has 1 atom stereocenters. The summed E-state index contributed by atoms with van der Waals surface area (Å²) in [4.78, 5) is 13.4. The van der Waals surface area contributed by atoms with Gasteiger partial charge in [0.2, 0.25) is 5.91 Å². The molecule has 16 heavy (non-hydrogen) atoms. The van der Waals surface area contributed by atoms with Crippen molar-refractivity contribution in [1.82, 2.24) is 0 Å². The summed E-state index contributed by atoms with van der Waals surface area (Å²) in [7, 11) is 1.68. The van der Waals surface area contributed by atoms with Crippen LogP contribution in [-0.2, 0) is 4.79 Å². The van der Waals surface area contributed by atoms with Crippen LogP contribution in [0.25, 0.3) is 0 Å². The van der Waals surface area contributed by atoms with Gasteiger partial charge in [0.05, 0.1) is 6.04 Å². The smallest absolute Gasteiger partial charge is 0.243 e. The number of carbonyl (C=O) groups is 1. The van der Waals surface area contributed by atoms with Crippen molar-refractivity contribution in [3.05, 3.63) is 24.3 Å². The van der Waals surface area contributed by atoms with E-state index < -0.39 is 6.04 Å². The number of phenols is 1. The van der Waals surface area contributed by atoms with Crippen LogP contribution >= 0.6 is 0 Å². The molecule has 1 aromatic rings. The Bertz CT molecular complexity index is 349.